The van der Waals surface area contributed by atoms with E-state index in [1.807, 2.05) is 13.0 Å². The maximum Gasteiger partial charge on any atom is 0.227 e. The molecule has 1 saturated heterocycles. The molecule has 1 unspecified atom stereocenters. The van der Waals surface area contributed by atoms with Gasteiger partial charge in [-0.25, -0.2) is 0 Å². The Morgan fingerprint density at radius 1 is 1.56 bits per heavy atom. The van der Waals surface area contributed by atoms with Gasteiger partial charge in [0, 0.05) is 13.1 Å². The third-order valence-electron chi connectivity index (χ3n) is 3.29. The van der Waals surface area contributed by atoms with E-state index in [-0.39, 0.29) is 11.3 Å². The van der Waals surface area contributed by atoms with E-state index >= 15 is 0 Å². The molecule has 1 atom stereocenters. The summed E-state index contributed by atoms with van der Waals surface area (Å²) in [6, 6.07) is 0. The highest BCUT2D eigenvalue weighted by Gasteiger charge is 2.39. The minimum absolute atomic E-state index is 0.134. The Hall–Kier alpha value is -0.830. The SMILES string of the molecule is C/C=C/CCNC(=O)C1(CCC)CCNC1. The largest absolute Gasteiger partial charge is 0.355 e. The van der Waals surface area contributed by atoms with E-state index in [9.17, 15) is 4.79 Å². The number of nitrogens with one attached hydrogen (secondary N) is 2. The lowest BCUT2D eigenvalue weighted by molar-refractivity contribution is -0.130. The van der Waals surface area contributed by atoms with Crippen LogP contribution in [-0.4, -0.2) is 25.5 Å². The molecule has 0 radical (unpaired) electrons. The van der Waals surface area contributed by atoms with Crippen molar-refractivity contribution < 1.29 is 4.79 Å². The van der Waals surface area contributed by atoms with E-state index in [1.165, 1.54) is 0 Å². The molecule has 3 heteroatoms. The van der Waals surface area contributed by atoms with Crippen molar-refractivity contribution in [3.8, 4) is 0 Å². The van der Waals surface area contributed by atoms with Crippen LogP contribution in [0.15, 0.2) is 12.2 Å². The third-order valence-corrected chi connectivity index (χ3v) is 3.29. The standard InChI is InChI=1S/C13H24N2O/c1-3-5-6-9-15-12(16)13(7-4-2)8-10-14-11-13/h3,5,14H,4,6-11H2,1-2H3,(H,15,16)/b5-3+. The highest BCUT2D eigenvalue weighted by atomic mass is 16.2. The average Bonchev–Trinajstić information content (AvgIpc) is 2.74. The minimum atomic E-state index is -0.134. The van der Waals surface area contributed by atoms with Crippen LogP contribution in [-0.2, 0) is 4.79 Å². The number of hydrogen-bond donors (Lipinski definition) is 2. The highest BCUT2D eigenvalue weighted by molar-refractivity contribution is 5.83. The van der Waals surface area contributed by atoms with Gasteiger partial charge in [-0.1, -0.05) is 25.5 Å². The van der Waals surface area contributed by atoms with Crippen molar-refractivity contribution in [2.24, 2.45) is 5.41 Å². The fourth-order valence-electron chi connectivity index (χ4n) is 2.37. The number of carbonyl (C=O) groups excluding carboxylic acids is 1. The van der Waals surface area contributed by atoms with Gasteiger partial charge in [0.2, 0.25) is 5.91 Å². The Morgan fingerprint density at radius 2 is 2.38 bits per heavy atom. The second kappa shape index (κ2) is 6.69. The first-order valence-electron chi connectivity index (χ1n) is 6.35. The predicted molar refractivity (Wildman–Crippen MR) is 67.3 cm³/mol. The normalized spacial score (nSPS) is 25.1. The lowest BCUT2D eigenvalue weighted by Crippen LogP contribution is -2.42. The summed E-state index contributed by atoms with van der Waals surface area (Å²) in [5.74, 6) is 0.240. The van der Waals surface area contributed by atoms with E-state index in [2.05, 4.69) is 23.6 Å². The minimum Gasteiger partial charge on any atom is -0.355 e. The summed E-state index contributed by atoms with van der Waals surface area (Å²) in [5, 5.41) is 6.36. The fraction of sp³-hybridized carbons (Fsp3) is 0.769. The van der Waals surface area contributed by atoms with Gasteiger partial charge >= 0.3 is 0 Å². The molecule has 0 aromatic carbocycles. The molecule has 92 valence electrons. The van der Waals surface area contributed by atoms with E-state index in [0.717, 1.165) is 45.3 Å². The lowest BCUT2D eigenvalue weighted by Gasteiger charge is -2.26. The van der Waals surface area contributed by atoms with Gasteiger partial charge in [-0.2, -0.15) is 0 Å². The smallest absolute Gasteiger partial charge is 0.227 e. The van der Waals surface area contributed by atoms with Gasteiger partial charge in [0.25, 0.3) is 0 Å². The average molecular weight is 224 g/mol. The first-order valence-corrected chi connectivity index (χ1v) is 6.35. The van der Waals surface area contributed by atoms with Crippen LogP contribution in [0.25, 0.3) is 0 Å². The molecular weight excluding hydrogens is 200 g/mol. The van der Waals surface area contributed by atoms with Crippen molar-refractivity contribution in [3.05, 3.63) is 12.2 Å². The third kappa shape index (κ3) is 3.34. The Labute approximate surface area is 98.7 Å². The van der Waals surface area contributed by atoms with Crippen LogP contribution >= 0.6 is 0 Å². The summed E-state index contributed by atoms with van der Waals surface area (Å²) >= 11 is 0. The monoisotopic (exact) mass is 224 g/mol. The summed E-state index contributed by atoms with van der Waals surface area (Å²) in [7, 11) is 0. The lowest BCUT2D eigenvalue weighted by atomic mass is 9.81. The first kappa shape index (κ1) is 13.2. The van der Waals surface area contributed by atoms with Crippen molar-refractivity contribution in [3.63, 3.8) is 0 Å². The molecule has 0 aromatic rings. The number of amides is 1. The van der Waals surface area contributed by atoms with Gasteiger partial charge in [-0.05, 0) is 32.7 Å². The second-order valence-electron chi connectivity index (χ2n) is 4.57. The molecule has 0 aromatic heterocycles. The van der Waals surface area contributed by atoms with Crippen molar-refractivity contribution in [2.45, 2.75) is 39.5 Å². The van der Waals surface area contributed by atoms with E-state index in [1.54, 1.807) is 0 Å². The molecule has 1 aliphatic heterocycles. The van der Waals surface area contributed by atoms with Gasteiger partial charge < -0.3 is 10.6 Å². The zero-order chi connectivity index (χ0) is 11.9. The summed E-state index contributed by atoms with van der Waals surface area (Å²) < 4.78 is 0. The van der Waals surface area contributed by atoms with E-state index in [4.69, 9.17) is 0 Å². The van der Waals surface area contributed by atoms with Crippen molar-refractivity contribution in [1.29, 1.82) is 0 Å². The molecular formula is C13H24N2O. The van der Waals surface area contributed by atoms with Crippen molar-refractivity contribution in [2.75, 3.05) is 19.6 Å². The number of rotatable bonds is 6. The van der Waals surface area contributed by atoms with Crippen LogP contribution in [0.1, 0.15) is 39.5 Å². The highest BCUT2D eigenvalue weighted by Crippen LogP contribution is 2.31. The molecule has 1 rings (SSSR count). The summed E-state index contributed by atoms with van der Waals surface area (Å²) in [5.41, 5.74) is -0.134. The molecule has 1 aliphatic rings. The van der Waals surface area contributed by atoms with E-state index < -0.39 is 0 Å². The van der Waals surface area contributed by atoms with Crippen molar-refractivity contribution in [1.82, 2.24) is 10.6 Å². The summed E-state index contributed by atoms with van der Waals surface area (Å²) in [4.78, 5) is 12.1. The predicted octanol–water partition coefficient (Wildman–Crippen LogP) is 1.85. The Balaban J connectivity index is 2.42. The molecule has 0 saturated carbocycles. The van der Waals surface area contributed by atoms with Gasteiger partial charge in [-0.15, -0.1) is 0 Å². The molecule has 16 heavy (non-hydrogen) atoms. The van der Waals surface area contributed by atoms with E-state index in [0.29, 0.717) is 0 Å². The van der Waals surface area contributed by atoms with Crippen LogP contribution in [0.4, 0.5) is 0 Å². The Morgan fingerprint density at radius 3 is 2.94 bits per heavy atom. The molecule has 1 fully saturated rings. The zero-order valence-corrected chi connectivity index (χ0v) is 10.5. The maximum absolute atomic E-state index is 12.1. The Bertz CT molecular complexity index is 242. The fourth-order valence-corrected chi connectivity index (χ4v) is 2.37. The second-order valence-corrected chi connectivity index (χ2v) is 4.57. The number of hydrogen-bond acceptors (Lipinski definition) is 2. The molecule has 1 amide bonds. The molecule has 1 heterocycles. The number of carbonyl (C=O) groups is 1. The molecule has 0 bridgehead atoms. The van der Waals surface area contributed by atoms with Crippen LogP contribution in [0, 0.1) is 5.41 Å². The maximum atomic E-state index is 12.1. The van der Waals surface area contributed by atoms with Crippen LogP contribution < -0.4 is 10.6 Å². The molecule has 2 N–H and O–H groups in total. The van der Waals surface area contributed by atoms with Crippen molar-refractivity contribution >= 4 is 5.91 Å². The molecule has 0 spiro atoms. The number of allylic oxidation sites excluding steroid dienone is 1. The zero-order valence-electron chi connectivity index (χ0n) is 10.5. The quantitative estimate of drug-likeness (QED) is 0.534. The van der Waals surface area contributed by atoms with Gasteiger partial charge in [0.05, 0.1) is 5.41 Å². The summed E-state index contributed by atoms with van der Waals surface area (Å²) in [6.45, 7) is 6.72. The van der Waals surface area contributed by atoms with Crippen LogP contribution in [0.3, 0.4) is 0 Å². The summed E-state index contributed by atoms with van der Waals surface area (Å²) in [6.07, 6.45) is 8.08. The van der Waals surface area contributed by atoms with Gasteiger partial charge in [0.1, 0.15) is 0 Å². The topological polar surface area (TPSA) is 41.1 Å². The molecule has 0 aliphatic carbocycles. The molecule has 3 nitrogen and oxygen atoms in total. The first-order chi connectivity index (χ1) is 7.75. The Kier molecular flexibility index (Phi) is 5.53. The van der Waals surface area contributed by atoms with Gasteiger partial charge in [0.15, 0.2) is 0 Å². The van der Waals surface area contributed by atoms with Crippen LogP contribution in [0.2, 0.25) is 0 Å². The van der Waals surface area contributed by atoms with Crippen LogP contribution in [0.5, 0.6) is 0 Å². The van der Waals surface area contributed by atoms with Gasteiger partial charge in [-0.3, -0.25) is 4.79 Å².